The van der Waals surface area contributed by atoms with Crippen LogP contribution in [-0.2, 0) is 18.4 Å². The van der Waals surface area contributed by atoms with Gasteiger partial charge in [0.25, 0.3) is 0 Å². The monoisotopic (exact) mass is 220 g/mol. The Morgan fingerprint density at radius 1 is 1.69 bits per heavy atom. The Balaban J connectivity index is 2.53. The van der Waals surface area contributed by atoms with Crippen molar-refractivity contribution < 1.29 is 4.79 Å². The van der Waals surface area contributed by atoms with E-state index in [1.54, 1.807) is 6.20 Å². The van der Waals surface area contributed by atoms with Gasteiger partial charge in [-0.1, -0.05) is 13.8 Å². The highest BCUT2D eigenvalue weighted by Gasteiger charge is 2.21. The second-order valence-corrected chi connectivity index (χ2v) is 4.02. The largest absolute Gasteiger partial charge is 0.348 e. The fourth-order valence-electron chi connectivity index (χ4n) is 1.35. The van der Waals surface area contributed by atoms with Crippen LogP contribution in [0, 0.1) is 23.2 Å². The number of aromatic nitrogens is 2. The van der Waals surface area contributed by atoms with Crippen LogP contribution in [0.15, 0.2) is 12.4 Å². The van der Waals surface area contributed by atoms with Crippen molar-refractivity contribution in [2.24, 2.45) is 18.9 Å². The van der Waals surface area contributed by atoms with Gasteiger partial charge in [-0.2, -0.15) is 5.26 Å². The lowest BCUT2D eigenvalue weighted by Gasteiger charge is -2.12. The molecule has 1 atom stereocenters. The number of nitrogens with one attached hydrogen (secondary N) is 1. The Morgan fingerprint density at radius 3 is 2.81 bits per heavy atom. The van der Waals surface area contributed by atoms with Gasteiger partial charge in [-0.25, -0.2) is 4.98 Å². The Labute approximate surface area is 95.1 Å². The molecule has 1 rings (SSSR count). The molecule has 0 radical (unpaired) electrons. The number of nitrogens with zero attached hydrogens (tertiary/aromatic N) is 3. The number of nitriles is 1. The number of carbonyl (C=O) groups excluding carboxylic acids is 1. The standard InChI is InChI=1S/C11H16N4O/c1-8(2)9(6-12)11(16)14-7-10-13-4-5-15(10)3/h4-5,8-9H,7H2,1-3H3,(H,14,16). The average Bonchev–Trinajstić information content (AvgIpc) is 2.61. The SMILES string of the molecule is CC(C)C(C#N)C(=O)NCc1nccn1C. The molecule has 5 heteroatoms. The first-order chi connectivity index (χ1) is 7.56. The predicted molar refractivity (Wildman–Crippen MR) is 59.0 cm³/mol. The van der Waals surface area contributed by atoms with E-state index in [0.717, 1.165) is 5.82 Å². The fraction of sp³-hybridized carbons (Fsp3) is 0.545. The second-order valence-electron chi connectivity index (χ2n) is 4.02. The smallest absolute Gasteiger partial charge is 0.237 e. The van der Waals surface area contributed by atoms with Crippen LogP contribution in [-0.4, -0.2) is 15.5 Å². The maximum atomic E-state index is 11.7. The van der Waals surface area contributed by atoms with E-state index in [4.69, 9.17) is 5.26 Å². The van der Waals surface area contributed by atoms with Crippen LogP contribution < -0.4 is 5.32 Å². The summed E-state index contributed by atoms with van der Waals surface area (Å²) in [5, 5.41) is 11.6. The molecule has 1 aromatic rings. The van der Waals surface area contributed by atoms with Crippen molar-refractivity contribution in [1.29, 1.82) is 5.26 Å². The van der Waals surface area contributed by atoms with Gasteiger partial charge in [-0.3, -0.25) is 4.79 Å². The van der Waals surface area contributed by atoms with Crippen LogP contribution in [0.25, 0.3) is 0 Å². The van der Waals surface area contributed by atoms with Crippen molar-refractivity contribution in [2.75, 3.05) is 0 Å². The molecule has 1 heterocycles. The summed E-state index contributed by atoms with van der Waals surface area (Å²) in [5.41, 5.74) is 0. The summed E-state index contributed by atoms with van der Waals surface area (Å²) in [6.45, 7) is 4.07. The second kappa shape index (κ2) is 5.31. The van der Waals surface area contributed by atoms with Crippen LogP contribution in [0.2, 0.25) is 0 Å². The van der Waals surface area contributed by atoms with Gasteiger partial charge < -0.3 is 9.88 Å². The first-order valence-electron chi connectivity index (χ1n) is 5.19. The fourth-order valence-corrected chi connectivity index (χ4v) is 1.35. The zero-order valence-corrected chi connectivity index (χ0v) is 9.77. The van der Waals surface area contributed by atoms with Crippen molar-refractivity contribution in [2.45, 2.75) is 20.4 Å². The minimum atomic E-state index is -0.597. The number of amides is 1. The Morgan fingerprint density at radius 2 is 2.38 bits per heavy atom. The molecule has 1 N–H and O–H groups in total. The van der Waals surface area contributed by atoms with Crippen molar-refractivity contribution in [3.05, 3.63) is 18.2 Å². The van der Waals surface area contributed by atoms with Gasteiger partial charge >= 0.3 is 0 Å². The summed E-state index contributed by atoms with van der Waals surface area (Å²) in [6, 6.07) is 2.01. The van der Waals surface area contributed by atoms with Crippen molar-refractivity contribution in [3.63, 3.8) is 0 Å². The minimum absolute atomic E-state index is 0.0198. The third kappa shape index (κ3) is 2.83. The molecule has 0 aromatic carbocycles. The van der Waals surface area contributed by atoms with E-state index in [2.05, 4.69) is 10.3 Å². The van der Waals surface area contributed by atoms with E-state index < -0.39 is 5.92 Å². The van der Waals surface area contributed by atoms with E-state index in [9.17, 15) is 4.79 Å². The van der Waals surface area contributed by atoms with Gasteiger partial charge in [0.1, 0.15) is 11.7 Å². The van der Waals surface area contributed by atoms with Crippen molar-refractivity contribution in [3.8, 4) is 6.07 Å². The van der Waals surface area contributed by atoms with Crippen LogP contribution in [0.1, 0.15) is 19.7 Å². The molecular formula is C11H16N4O. The maximum Gasteiger partial charge on any atom is 0.237 e. The summed E-state index contributed by atoms with van der Waals surface area (Å²) in [4.78, 5) is 15.7. The minimum Gasteiger partial charge on any atom is -0.348 e. The first-order valence-corrected chi connectivity index (χ1v) is 5.19. The third-order valence-corrected chi connectivity index (χ3v) is 2.43. The lowest BCUT2D eigenvalue weighted by Crippen LogP contribution is -2.32. The van der Waals surface area contributed by atoms with E-state index in [-0.39, 0.29) is 11.8 Å². The van der Waals surface area contributed by atoms with E-state index in [1.807, 2.05) is 37.7 Å². The summed E-state index contributed by atoms with van der Waals surface area (Å²) >= 11 is 0. The normalized spacial score (nSPS) is 12.2. The van der Waals surface area contributed by atoms with Crippen molar-refractivity contribution >= 4 is 5.91 Å². The molecule has 0 saturated carbocycles. The zero-order chi connectivity index (χ0) is 12.1. The molecule has 0 aliphatic heterocycles. The Bertz CT molecular complexity index is 402. The molecule has 0 spiro atoms. The van der Waals surface area contributed by atoms with Gasteiger partial charge in [-0.05, 0) is 5.92 Å². The number of carbonyl (C=O) groups is 1. The highest BCUT2D eigenvalue weighted by molar-refractivity contribution is 5.81. The topological polar surface area (TPSA) is 70.7 Å². The zero-order valence-electron chi connectivity index (χ0n) is 9.77. The van der Waals surface area contributed by atoms with Gasteiger partial charge in [-0.15, -0.1) is 0 Å². The van der Waals surface area contributed by atoms with Gasteiger partial charge in [0.15, 0.2) is 0 Å². The molecule has 16 heavy (non-hydrogen) atoms. The van der Waals surface area contributed by atoms with Crippen molar-refractivity contribution in [1.82, 2.24) is 14.9 Å². The van der Waals surface area contributed by atoms with Crippen LogP contribution in [0.3, 0.4) is 0 Å². The van der Waals surface area contributed by atoms with Gasteiger partial charge in [0.05, 0.1) is 12.6 Å². The molecule has 1 aromatic heterocycles. The van der Waals surface area contributed by atoms with Gasteiger partial charge in [0.2, 0.25) is 5.91 Å². The van der Waals surface area contributed by atoms with Crippen LogP contribution in [0.5, 0.6) is 0 Å². The molecule has 86 valence electrons. The van der Waals surface area contributed by atoms with E-state index >= 15 is 0 Å². The van der Waals surface area contributed by atoms with Crippen LogP contribution >= 0.6 is 0 Å². The number of hydrogen-bond donors (Lipinski definition) is 1. The molecule has 5 nitrogen and oxygen atoms in total. The van der Waals surface area contributed by atoms with E-state index in [1.165, 1.54) is 0 Å². The molecule has 1 unspecified atom stereocenters. The molecule has 0 saturated heterocycles. The lowest BCUT2D eigenvalue weighted by molar-refractivity contribution is -0.124. The third-order valence-electron chi connectivity index (χ3n) is 2.43. The summed E-state index contributed by atoms with van der Waals surface area (Å²) in [6.07, 6.45) is 3.48. The molecule has 0 bridgehead atoms. The number of rotatable bonds is 4. The number of aryl methyl sites for hydroxylation is 1. The summed E-state index contributed by atoms with van der Waals surface area (Å²) in [5.74, 6) is -0.0408. The van der Waals surface area contributed by atoms with Crippen LogP contribution in [0.4, 0.5) is 0 Å². The first kappa shape index (κ1) is 12.2. The molecular weight excluding hydrogens is 204 g/mol. The summed E-state index contributed by atoms with van der Waals surface area (Å²) in [7, 11) is 1.86. The Hall–Kier alpha value is -1.83. The Kier molecular flexibility index (Phi) is 4.06. The maximum absolute atomic E-state index is 11.7. The number of hydrogen-bond acceptors (Lipinski definition) is 3. The summed E-state index contributed by atoms with van der Waals surface area (Å²) < 4.78 is 1.83. The van der Waals surface area contributed by atoms with E-state index in [0.29, 0.717) is 6.54 Å². The molecule has 0 aliphatic carbocycles. The highest BCUT2D eigenvalue weighted by Crippen LogP contribution is 2.09. The predicted octanol–water partition coefficient (Wildman–Crippen LogP) is 0.832. The van der Waals surface area contributed by atoms with Gasteiger partial charge in [0, 0.05) is 19.4 Å². The average molecular weight is 220 g/mol. The lowest BCUT2D eigenvalue weighted by atomic mass is 9.97. The number of imidazole rings is 1. The molecule has 0 aliphatic rings. The highest BCUT2D eigenvalue weighted by atomic mass is 16.1. The molecule has 0 fully saturated rings. The molecule has 1 amide bonds. The quantitative estimate of drug-likeness (QED) is 0.817.